The zero-order chi connectivity index (χ0) is 7.82. The summed E-state index contributed by atoms with van der Waals surface area (Å²) >= 11 is 2.25. The van der Waals surface area contributed by atoms with Crippen molar-refractivity contribution in [2.24, 2.45) is 4.99 Å². The number of rotatable bonds is 4. The molecule has 60 valence electrons. The molecule has 0 heterocycles. The van der Waals surface area contributed by atoms with E-state index in [1.54, 1.807) is 0 Å². The number of aliphatic imine (C=N–C) groups is 1. The Morgan fingerprint density at radius 1 is 1.50 bits per heavy atom. The van der Waals surface area contributed by atoms with Gasteiger partial charge in [0, 0.05) is 13.0 Å². The highest BCUT2D eigenvalue weighted by molar-refractivity contribution is 14.1. The van der Waals surface area contributed by atoms with Gasteiger partial charge in [0.2, 0.25) is 0 Å². The quantitative estimate of drug-likeness (QED) is 0.268. The van der Waals surface area contributed by atoms with Crippen molar-refractivity contribution in [2.45, 2.75) is 26.7 Å². The normalized spacial score (nSPS) is 11.7. The molecule has 0 radical (unpaired) electrons. The van der Waals surface area contributed by atoms with Crippen LogP contribution in [0.5, 0.6) is 0 Å². The third kappa shape index (κ3) is 5.02. The molecule has 0 unspecified atom stereocenters. The molecule has 0 aliphatic heterocycles. The van der Waals surface area contributed by atoms with Gasteiger partial charge in [-0.25, -0.2) is 0 Å². The van der Waals surface area contributed by atoms with Gasteiger partial charge in [0.25, 0.3) is 0 Å². The summed E-state index contributed by atoms with van der Waals surface area (Å²) in [7, 11) is 0. The van der Waals surface area contributed by atoms with E-state index in [-0.39, 0.29) is 0 Å². The fourth-order valence-corrected chi connectivity index (χ4v) is 1.15. The molecular weight excluding hydrogens is 239 g/mol. The maximum Gasteiger partial charge on any atom is 0.0972 e. The van der Waals surface area contributed by atoms with E-state index in [0.717, 1.165) is 23.4 Å². The second-order valence-electron chi connectivity index (χ2n) is 2.00. The van der Waals surface area contributed by atoms with Crippen molar-refractivity contribution in [3.63, 3.8) is 0 Å². The SMILES string of the molecule is CCCC(=NCI)NCC. The predicted molar refractivity (Wildman–Crippen MR) is 54.9 cm³/mol. The number of hydrogen-bond donors (Lipinski definition) is 1. The molecule has 0 spiro atoms. The standard InChI is InChI=1S/C7H15IN2/c1-3-5-7(9-4-2)10-6-8/h3-6H2,1-2H3,(H,9,10). The lowest BCUT2D eigenvalue weighted by Gasteiger charge is -2.04. The van der Waals surface area contributed by atoms with Crippen LogP contribution >= 0.6 is 22.6 Å². The Morgan fingerprint density at radius 3 is 2.60 bits per heavy atom. The number of nitrogens with one attached hydrogen (secondary N) is 1. The van der Waals surface area contributed by atoms with Gasteiger partial charge >= 0.3 is 0 Å². The third-order valence-electron chi connectivity index (χ3n) is 1.12. The van der Waals surface area contributed by atoms with Gasteiger partial charge in [-0.15, -0.1) is 0 Å². The van der Waals surface area contributed by atoms with Crippen LogP contribution in [-0.2, 0) is 0 Å². The molecule has 0 aromatic heterocycles. The monoisotopic (exact) mass is 254 g/mol. The fourth-order valence-electron chi connectivity index (χ4n) is 0.736. The van der Waals surface area contributed by atoms with Crippen molar-refractivity contribution in [3.05, 3.63) is 0 Å². The van der Waals surface area contributed by atoms with Crippen LogP contribution in [0.4, 0.5) is 0 Å². The van der Waals surface area contributed by atoms with Crippen LogP contribution in [0.3, 0.4) is 0 Å². The molecule has 0 aliphatic rings. The first-order valence-corrected chi connectivity index (χ1v) is 5.20. The lowest BCUT2D eigenvalue weighted by atomic mass is 10.3. The van der Waals surface area contributed by atoms with Crippen LogP contribution in [0.1, 0.15) is 26.7 Å². The number of hydrogen-bond acceptors (Lipinski definition) is 1. The van der Waals surface area contributed by atoms with E-state index < -0.39 is 0 Å². The second-order valence-corrected chi connectivity index (χ2v) is 2.69. The predicted octanol–water partition coefficient (Wildman–Crippen LogP) is 2.19. The first-order chi connectivity index (χ1) is 4.85. The van der Waals surface area contributed by atoms with Crippen LogP contribution in [0.15, 0.2) is 4.99 Å². The van der Waals surface area contributed by atoms with Crippen LogP contribution < -0.4 is 5.32 Å². The van der Waals surface area contributed by atoms with Gasteiger partial charge in [-0.1, -0.05) is 29.5 Å². The zero-order valence-corrected chi connectivity index (χ0v) is 8.81. The van der Waals surface area contributed by atoms with E-state index in [9.17, 15) is 0 Å². The van der Waals surface area contributed by atoms with Crippen molar-refractivity contribution in [3.8, 4) is 0 Å². The Bertz CT molecular complexity index is 93.8. The fraction of sp³-hybridized carbons (Fsp3) is 0.857. The summed E-state index contributed by atoms with van der Waals surface area (Å²) in [5, 5.41) is 3.23. The summed E-state index contributed by atoms with van der Waals surface area (Å²) in [5.74, 6) is 1.15. The van der Waals surface area contributed by atoms with E-state index in [2.05, 4.69) is 46.7 Å². The second kappa shape index (κ2) is 7.31. The maximum atomic E-state index is 4.30. The number of nitrogens with zero attached hydrogens (tertiary/aromatic N) is 1. The molecule has 2 nitrogen and oxygen atoms in total. The maximum absolute atomic E-state index is 4.30. The molecule has 0 aromatic carbocycles. The molecule has 0 bridgehead atoms. The smallest absolute Gasteiger partial charge is 0.0972 e. The molecule has 3 heteroatoms. The van der Waals surface area contributed by atoms with E-state index >= 15 is 0 Å². The van der Waals surface area contributed by atoms with Crippen molar-refractivity contribution < 1.29 is 0 Å². The molecule has 0 aliphatic carbocycles. The van der Waals surface area contributed by atoms with Crippen molar-refractivity contribution in [2.75, 3.05) is 11.1 Å². The third-order valence-corrected chi connectivity index (χ3v) is 1.46. The number of halogens is 1. The Morgan fingerprint density at radius 2 is 2.20 bits per heavy atom. The van der Waals surface area contributed by atoms with Gasteiger partial charge in [0.15, 0.2) is 0 Å². The lowest BCUT2D eigenvalue weighted by molar-refractivity contribution is 0.883. The summed E-state index contributed by atoms with van der Waals surface area (Å²) in [5.41, 5.74) is 0. The Hall–Kier alpha value is 0.200. The largest absolute Gasteiger partial charge is 0.374 e. The first-order valence-electron chi connectivity index (χ1n) is 3.68. The Labute approximate surface area is 76.6 Å². The minimum absolute atomic E-state index is 0.861. The summed E-state index contributed by atoms with van der Waals surface area (Å²) in [6, 6.07) is 0. The van der Waals surface area contributed by atoms with Gasteiger partial charge in [-0.05, 0) is 13.3 Å². The minimum atomic E-state index is 0.861. The van der Waals surface area contributed by atoms with E-state index in [0.29, 0.717) is 0 Å². The van der Waals surface area contributed by atoms with Crippen molar-refractivity contribution in [1.82, 2.24) is 5.32 Å². The van der Waals surface area contributed by atoms with Crippen molar-refractivity contribution >= 4 is 28.4 Å². The lowest BCUT2D eigenvalue weighted by Crippen LogP contribution is -2.22. The molecule has 0 atom stereocenters. The molecule has 0 fully saturated rings. The van der Waals surface area contributed by atoms with E-state index in [1.165, 1.54) is 6.42 Å². The van der Waals surface area contributed by atoms with Crippen molar-refractivity contribution in [1.29, 1.82) is 0 Å². The highest BCUT2D eigenvalue weighted by atomic mass is 127. The van der Waals surface area contributed by atoms with Gasteiger partial charge in [-0.3, -0.25) is 4.99 Å². The Balaban J connectivity index is 3.60. The van der Waals surface area contributed by atoms with Gasteiger partial charge in [0.05, 0.1) is 10.4 Å². The van der Waals surface area contributed by atoms with Crippen LogP contribution in [0.2, 0.25) is 0 Å². The molecule has 1 N–H and O–H groups in total. The molecule has 0 aromatic rings. The average Bonchev–Trinajstić information content (AvgIpc) is 1.90. The minimum Gasteiger partial charge on any atom is -0.374 e. The summed E-state index contributed by atoms with van der Waals surface area (Å²) < 4.78 is 0.861. The molecular formula is C7H15IN2. The van der Waals surface area contributed by atoms with Crippen LogP contribution in [-0.4, -0.2) is 16.9 Å². The molecule has 0 saturated heterocycles. The Kier molecular flexibility index (Phi) is 7.45. The van der Waals surface area contributed by atoms with Gasteiger partial charge in [-0.2, -0.15) is 0 Å². The summed E-state index contributed by atoms with van der Waals surface area (Å²) in [4.78, 5) is 4.30. The molecule has 10 heavy (non-hydrogen) atoms. The topological polar surface area (TPSA) is 24.4 Å². The van der Waals surface area contributed by atoms with Gasteiger partial charge in [0.1, 0.15) is 0 Å². The highest BCUT2D eigenvalue weighted by Crippen LogP contribution is 1.91. The first kappa shape index (κ1) is 10.2. The zero-order valence-electron chi connectivity index (χ0n) is 6.65. The number of amidine groups is 1. The molecule has 0 saturated carbocycles. The van der Waals surface area contributed by atoms with E-state index in [1.807, 2.05) is 0 Å². The average molecular weight is 254 g/mol. The van der Waals surface area contributed by atoms with E-state index in [4.69, 9.17) is 0 Å². The van der Waals surface area contributed by atoms with Crippen LogP contribution in [0.25, 0.3) is 0 Å². The highest BCUT2D eigenvalue weighted by Gasteiger charge is 1.92. The van der Waals surface area contributed by atoms with Gasteiger partial charge < -0.3 is 5.32 Å². The number of alkyl halides is 1. The summed E-state index contributed by atoms with van der Waals surface area (Å²) in [6.07, 6.45) is 2.25. The van der Waals surface area contributed by atoms with Crippen LogP contribution in [0, 0.1) is 0 Å². The molecule has 0 amide bonds. The molecule has 0 rings (SSSR count). The summed E-state index contributed by atoms with van der Waals surface area (Å²) in [6.45, 7) is 5.24.